The molecule has 0 aromatic heterocycles. The van der Waals surface area contributed by atoms with Crippen molar-refractivity contribution in [2.45, 2.75) is 34.1 Å². The van der Waals surface area contributed by atoms with E-state index >= 15 is 0 Å². The number of carbonyl (C=O) groups excluding carboxylic acids is 1. The Morgan fingerprint density at radius 1 is 1.56 bits per heavy atom. The number of hydrogen-bond acceptors (Lipinski definition) is 2. The lowest BCUT2D eigenvalue weighted by atomic mass is 9.75. The first-order valence-corrected chi connectivity index (χ1v) is 5.70. The van der Waals surface area contributed by atoms with E-state index < -0.39 is 0 Å². The first-order chi connectivity index (χ1) is 7.47. The molecule has 0 atom stereocenters. The summed E-state index contributed by atoms with van der Waals surface area (Å²) in [5.74, 6) is -0.270. The van der Waals surface area contributed by atoms with Gasteiger partial charge in [-0.2, -0.15) is 0 Å². The Balaban J connectivity index is 2.85. The van der Waals surface area contributed by atoms with Crippen LogP contribution < -0.4 is 0 Å². The van der Waals surface area contributed by atoms with Gasteiger partial charge < -0.3 is 4.74 Å². The second-order valence-corrected chi connectivity index (χ2v) is 4.67. The van der Waals surface area contributed by atoms with Crippen molar-refractivity contribution in [1.82, 2.24) is 0 Å². The Morgan fingerprint density at radius 3 is 2.81 bits per heavy atom. The molecule has 1 aliphatic rings. The lowest BCUT2D eigenvalue weighted by Gasteiger charge is -2.29. The fourth-order valence-electron chi connectivity index (χ4n) is 1.96. The second-order valence-electron chi connectivity index (χ2n) is 4.67. The van der Waals surface area contributed by atoms with Crippen molar-refractivity contribution in [2.24, 2.45) is 5.41 Å². The third kappa shape index (κ3) is 3.09. The van der Waals surface area contributed by atoms with Crippen LogP contribution in [0.25, 0.3) is 0 Å². The van der Waals surface area contributed by atoms with Gasteiger partial charge in [-0.1, -0.05) is 32.1 Å². The van der Waals surface area contributed by atoms with Gasteiger partial charge in [-0.05, 0) is 36.8 Å². The molecule has 0 saturated carbocycles. The van der Waals surface area contributed by atoms with Crippen LogP contribution in [0.4, 0.5) is 0 Å². The molecule has 0 radical (unpaired) electrons. The average Bonchev–Trinajstić information content (AvgIpc) is 2.16. The highest BCUT2D eigenvalue weighted by Crippen LogP contribution is 2.37. The summed E-state index contributed by atoms with van der Waals surface area (Å²) < 4.78 is 4.87. The minimum absolute atomic E-state index is 0.0990. The third-order valence-corrected chi connectivity index (χ3v) is 2.82. The summed E-state index contributed by atoms with van der Waals surface area (Å²) in [6.07, 6.45) is 8.69. The molecule has 1 rings (SSSR count). The molecular formula is C14H20O2. The van der Waals surface area contributed by atoms with E-state index in [1.165, 1.54) is 17.2 Å². The molecule has 0 aliphatic heterocycles. The van der Waals surface area contributed by atoms with E-state index in [9.17, 15) is 4.79 Å². The standard InChI is InChI=1S/C14H20O2/c1-5-16-13(15)9-8-12-11(2)7-6-10-14(12,3)4/h6-9H,5,10H2,1-4H3/b9-8+. The van der Waals surface area contributed by atoms with E-state index in [1.54, 1.807) is 0 Å². The SMILES string of the molecule is CCOC(=O)/C=C/C1=C(C)C=CCC1(C)C. The Hall–Kier alpha value is -1.31. The molecule has 0 fully saturated rings. The minimum atomic E-state index is -0.270. The van der Waals surface area contributed by atoms with Gasteiger partial charge in [0.15, 0.2) is 0 Å². The van der Waals surface area contributed by atoms with E-state index in [1.807, 2.05) is 13.0 Å². The number of ether oxygens (including phenoxy) is 1. The maximum absolute atomic E-state index is 11.3. The molecule has 88 valence electrons. The summed E-state index contributed by atoms with van der Waals surface area (Å²) in [4.78, 5) is 11.3. The zero-order valence-electron chi connectivity index (χ0n) is 10.5. The highest BCUT2D eigenvalue weighted by atomic mass is 16.5. The molecule has 16 heavy (non-hydrogen) atoms. The zero-order chi connectivity index (χ0) is 12.2. The van der Waals surface area contributed by atoms with Crippen molar-refractivity contribution >= 4 is 5.97 Å². The molecule has 0 N–H and O–H groups in total. The Bertz CT molecular complexity index is 357. The second kappa shape index (κ2) is 5.15. The van der Waals surface area contributed by atoms with Crippen molar-refractivity contribution in [2.75, 3.05) is 6.61 Å². The lowest BCUT2D eigenvalue weighted by Crippen LogP contribution is -2.16. The van der Waals surface area contributed by atoms with Gasteiger partial charge in [-0.15, -0.1) is 0 Å². The van der Waals surface area contributed by atoms with E-state index in [-0.39, 0.29) is 11.4 Å². The van der Waals surface area contributed by atoms with Gasteiger partial charge >= 0.3 is 5.97 Å². The van der Waals surface area contributed by atoms with Crippen LogP contribution in [-0.2, 0) is 9.53 Å². The molecule has 0 saturated heterocycles. The maximum atomic E-state index is 11.3. The quantitative estimate of drug-likeness (QED) is 0.538. The molecular weight excluding hydrogens is 200 g/mol. The Labute approximate surface area is 97.7 Å². The predicted molar refractivity (Wildman–Crippen MR) is 66.0 cm³/mol. The van der Waals surface area contributed by atoms with Crippen LogP contribution in [0.1, 0.15) is 34.1 Å². The normalized spacial score (nSPS) is 19.2. The van der Waals surface area contributed by atoms with E-state index in [0.717, 1.165) is 6.42 Å². The van der Waals surface area contributed by atoms with Crippen LogP contribution in [0.3, 0.4) is 0 Å². The number of esters is 1. The Morgan fingerprint density at radius 2 is 2.25 bits per heavy atom. The minimum Gasteiger partial charge on any atom is -0.463 e. The van der Waals surface area contributed by atoms with Gasteiger partial charge in [0.25, 0.3) is 0 Å². The van der Waals surface area contributed by atoms with Crippen LogP contribution in [0.2, 0.25) is 0 Å². The maximum Gasteiger partial charge on any atom is 0.330 e. The number of allylic oxidation sites excluding steroid dienone is 5. The van der Waals surface area contributed by atoms with Gasteiger partial charge in [0, 0.05) is 6.08 Å². The fourth-order valence-corrected chi connectivity index (χ4v) is 1.96. The summed E-state index contributed by atoms with van der Waals surface area (Å²) in [5, 5.41) is 0. The fraction of sp³-hybridized carbons (Fsp3) is 0.500. The molecule has 0 unspecified atom stereocenters. The van der Waals surface area contributed by atoms with Crippen LogP contribution in [0.15, 0.2) is 35.5 Å². The van der Waals surface area contributed by atoms with E-state index in [0.29, 0.717) is 6.61 Å². The van der Waals surface area contributed by atoms with Crippen molar-refractivity contribution in [3.63, 3.8) is 0 Å². The van der Waals surface area contributed by atoms with E-state index in [4.69, 9.17) is 4.74 Å². The van der Waals surface area contributed by atoms with Crippen LogP contribution in [0, 0.1) is 5.41 Å². The van der Waals surface area contributed by atoms with Crippen LogP contribution in [0.5, 0.6) is 0 Å². The summed E-state index contributed by atoms with van der Waals surface area (Å²) >= 11 is 0. The number of carbonyl (C=O) groups is 1. The third-order valence-electron chi connectivity index (χ3n) is 2.82. The largest absolute Gasteiger partial charge is 0.463 e. The lowest BCUT2D eigenvalue weighted by molar-refractivity contribution is -0.137. The van der Waals surface area contributed by atoms with Crippen molar-refractivity contribution in [3.05, 3.63) is 35.5 Å². The molecule has 0 spiro atoms. The van der Waals surface area contributed by atoms with E-state index in [2.05, 4.69) is 32.9 Å². The van der Waals surface area contributed by atoms with Crippen molar-refractivity contribution < 1.29 is 9.53 Å². The van der Waals surface area contributed by atoms with Crippen molar-refractivity contribution in [3.8, 4) is 0 Å². The van der Waals surface area contributed by atoms with Gasteiger partial charge in [0.2, 0.25) is 0 Å². The molecule has 2 nitrogen and oxygen atoms in total. The van der Waals surface area contributed by atoms with Gasteiger partial charge in [0.1, 0.15) is 0 Å². The zero-order valence-corrected chi connectivity index (χ0v) is 10.5. The Kier molecular flexibility index (Phi) is 4.11. The van der Waals surface area contributed by atoms with Crippen LogP contribution >= 0.6 is 0 Å². The first kappa shape index (κ1) is 12.8. The van der Waals surface area contributed by atoms with Crippen molar-refractivity contribution in [1.29, 1.82) is 0 Å². The molecule has 1 aliphatic carbocycles. The van der Waals surface area contributed by atoms with Gasteiger partial charge in [-0.25, -0.2) is 4.79 Å². The highest BCUT2D eigenvalue weighted by molar-refractivity contribution is 5.82. The monoisotopic (exact) mass is 220 g/mol. The average molecular weight is 220 g/mol. The summed E-state index contributed by atoms with van der Waals surface area (Å²) in [6.45, 7) is 8.67. The molecule has 0 aromatic rings. The highest BCUT2D eigenvalue weighted by Gasteiger charge is 2.24. The number of rotatable bonds is 3. The summed E-state index contributed by atoms with van der Waals surface area (Å²) in [6, 6.07) is 0. The molecule has 0 heterocycles. The smallest absolute Gasteiger partial charge is 0.330 e. The molecule has 0 aromatic carbocycles. The molecule has 0 amide bonds. The predicted octanol–water partition coefficient (Wildman–Crippen LogP) is 3.41. The summed E-state index contributed by atoms with van der Waals surface area (Å²) in [5.41, 5.74) is 2.53. The topological polar surface area (TPSA) is 26.3 Å². The van der Waals surface area contributed by atoms with Gasteiger partial charge in [0.05, 0.1) is 6.61 Å². The van der Waals surface area contributed by atoms with Crippen LogP contribution in [-0.4, -0.2) is 12.6 Å². The first-order valence-electron chi connectivity index (χ1n) is 5.70. The summed E-state index contributed by atoms with van der Waals surface area (Å²) in [7, 11) is 0. The number of hydrogen-bond donors (Lipinski definition) is 0. The molecule has 0 bridgehead atoms. The molecule has 2 heteroatoms. The van der Waals surface area contributed by atoms with Gasteiger partial charge in [-0.3, -0.25) is 0 Å².